The van der Waals surface area contributed by atoms with Crippen LogP contribution in [0.25, 0.3) is 10.9 Å². The molecule has 82 valence electrons. The van der Waals surface area contributed by atoms with Gasteiger partial charge in [0.05, 0.1) is 0 Å². The van der Waals surface area contributed by atoms with Gasteiger partial charge in [-0.1, -0.05) is 6.92 Å². The van der Waals surface area contributed by atoms with Gasteiger partial charge >= 0.3 is 0 Å². The first-order valence-corrected chi connectivity index (χ1v) is 4.89. The summed E-state index contributed by atoms with van der Waals surface area (Å²) in [5.41, 5.74) is 0.611. The van der Waals surface area contributed by atoms with Crippen molar-refractivity contribution < 1.29 is 9.18 Å². The van der Waals surface area contributed by atoms with Crippen molar-refractivity contribution in [3.8, 4) is 0 Å². The number of aromatic amines is 1. The van der Waals surface area contributed by atoms with Crippen LogP contribution in [0.5, 0.6) is 0 Å². The van der Waals surface area contributed by atoms with Gasteiger partial charge in [0.25, 0.3) is 5.56 Å². The number of hydrogen-bond donors (Lipinski definition) is 1. The highest BCUT2D eigenvalue weighted by Crippen LogP contribution is 2.16. The van der Waals surface area contributed by atoms with Crippen molar-refractivity contribution in [2.75, 3.05) is 0 Å². The van der Waals surface area contributed by atoms with Gasteiger partial charge in [-0.15, -0.1) is 0 Å². The van der Waals surface area contributed by atoms with E-state index in [2.05, 4.69) is 4.98 Å². The molecule has 1 aromatic heterocycles. The fraction of sp³-hybridized carbons (Fsp3) is 0.167. The number of benzene rings is 1. The highest BCUT2D eigenvalue weighted by Gasteiger charge is 2.10. The number of aromatic nitrogens is 1. The van der Waals surface area contributed by atoms with E-state index in [0.717, 1.165) is 0 Å². The van der Waals surface area contributed by atoms with E-state index in [0.29, 0.717) is 22.8 Å². The standard InChI is InChI=1S/C12H10FNO2/c1-7(6-15)10-5-8-4-9(13)2-3-11(8)14-12(10)16/h2-7H,1H3,(H,14,16). The van der Waals surface area contributed by atoms with E-state index < -0.39 is 5.92 Å². The van der Waals surface area contributed by atoms with E-state index in [-0.39, 0.29) is 11.4 Å². The molecule has 2 aromatic rings. The third-order valence-corrected chi connectivity index (χ3v) is 2.53. The molecular weight excluding hydrogens is 209 g/mol. The third kappa shape index (κ3) is 1.74. The lowest BCUT2D eigenvalue weighted by Gasteiger charge is -2.05. The molecule has 0 aliphatic heterocycles. The van der Waals surface area contributed by atoms with Crippen molar-refractivity contribution in [1.82, 2.24) is 4.98 Å². The second-order valence-electron chi connectivity index (χ2n) is 3.71. The van der Waals surface area contributed by atoms with E-state index >= 15 is 0 Å². The SMILES string of the molecule is CC(C=O)c1cc2cc(F)ccc2[nH]c1=O. The maximum atomic E-state index is 13.0. The Kier molecular flexibility index (Phi) is 2.56. The van der Waals surface area contributed by atoms with Gasteiger partial charge in [0.1, 0.15) is 12.1 Å². The fourth-order valence-electron chi connectivity index (χ4n) is 1.61. The Morgan fingerprint density at radius 1 is 1.38 bits per heavy atom. The summed E-state index contributed by atoms with van der Waals surface area (Å²) in [5, 5.41) is 0.586. The van der Waals surface area contributed by atoms with Crippen LogP contribution >= 0.6 is 0 Å². The minimum Gasteiger partial charge on any atom is -0.322 e. The average Bonchev–Trinajstić information content (AvgIpc) is 2.28. The molecule has 0 saturated carbocycles. The van der Waals surface area contributed by atoms with Crippen LogP contribution in [0.4, 0.5) is 4.39 Å². The third-order valence-electron chi connectivity index (χ3n) is 2.53. The van der Waals surface area contributed by atoms with Crippen molar-refractivity contribution in [3.05, 3.63) is 46.0 Å². The molecule has 4 heteroatoms. The van der Waals surface area contributed by atoms with Crippen LogP contribution in [-0.2, 0) is 4.79 Å². The van der Waals surface area contributed by atoms with Crippen LogP contribution in [0.3, 0.4) is 0 Å². The molecule has 1 heterocycles. The predicted octanol–water partition coefficient (Wildman–Crippen LogP) is 1.97. The van der Waals surface area contributed by atoms with Gasteiger partial charge in [-0.25, -0.2) is 4.39 Å². The number of fused-ring (bicyclic) bond motifs is 1. The number of carbonyl (C=O) groups is 1. The van der Waals surface area contributed by atoms with E-state index in [1.807, 2.05) is 0 Å². The molecule has 1 unspecified atom stereocenters. The molecule has 0 bridgehead atoms. The number of hydrogen-bond acceptors (Lipinski definition) is 2. The normalized spacial score (nSPS) is 12.6. The summed E-state index contributed by atoms with van der Waals surface area (Å²) in [6.07, 6.45) is 0.690. The molecule has 1 N–H and O–H groups in total. The molecule has 2 rings (SSSR count). The van der Waals surface area contributed by atoms with E-state index in [1.54, 1.807) is 13.0 Å². The Hall–Kier alpha value is -1.97. The Morgan fingerprint density at radius 3 is 2.81 bits per heavy atom. The number of nitrogens with one attached hydrogen (secondary N) is 1. The molecular formula is C12H10FNO2. The summed E-state index contributed by atoms with van der Waals surface area (Å²) in [6.45, 7) is 1.63. The molecule has 0 aliphatic rings. The highest BCUT2D eigenvalue weighted by molar-refractivity contribution is 5.80. The second kappa shape index (κ2) is 3.89. The monoisotopic (exact) mass is 219 g/mol. The first kappa shape index (κ1) is 10.5. The molecule has 1 atom stereocenters. The minimum atomic E-state index is -0.489. The number of carbonyl (C=O) groups excluding carboxylic acids is 1. The van der Waals surface area contributed by atoms with Gasteiger partial charge in [-0.05, 0) is 24.3 Å². The smallest absolute Gasteiger partial charge is 0.252 e. The first-order chi connectivity index (χ1) is 7.61. The summed E-state index contributed by atoms with van der Waals surface area (Å²) < 4.78 is 13.0. The van der Waals surface area contributed by atoms with E-state index in [1.165, 1.54) is 18.2 Å². The molecule has 3 nitrogen and oxygen atoms in total. The van der Waals surface area contributed by atoms with Gasteiger partial charge in [0, 0.05) is 22.4 Å². The summed E-state index contributed by atoms with van der Waals surface area (Å²) in [6, 6.07) is 5.66. The quantitative estimate of drug-likeness (QED) is 0.785. The largest absolute Gasteiger partial charge is 0.322 e. The van der Waals surface area contributed by atoms with Crippen LogP contribution in [-0.4, -0.2) is 11.3 Å². The highest BCUT2D eigenvalue weighted by atomic mass is 19.1. The Balaban J connectivity index is 2.73. The van der Waals surface area contributed by atoms with Gasteiger partial charge in [-0.3, -0.25) is 4.79 Å². The predicted molar refractivity (Wildman–Crippen MR) is 59.0 cm³/mol. The van der Waals surface area contributed by atoms with E-state index in [4.69, 9.17) is 0 Å². The van der Waals surface area contributed by atoms with Gasteiger partial charge in [0.2, 0.25) is 0 Å². The van der Waals surface area contributed by atoms with Crippen molar-refractivity contribution in [1.29, 1.82) is 0 Å². The van der Waals surface area contributed by atoms with Crippen LogP contribution < -0.4 is 5.56 Å². The summed E-state index contributed by atoms with van der Waals surface area (Å²) in [7, 11) is 0. The number of halogens is 1. The topological polar surface area (TPSA) is 49.9 Å². The summed E-state index contributed by atoms with van der Waals surface area (Å²) >= 11 is 0. The van der Waals surface area contributed by atoms with Gasteiger partial charge in [0.15, 0.2) is 0 Å². The lowest BCUT2D eigenvalue weighted by molar-refractivity contribution is -0.108. The average molecular weight is 219 g/mol. The van der Waals surface area contributed by atoms with Gasteiger partial charge < -0.3 is 9.78 Å². The molecule has 0 amide bonds. The lowest BCUT2D eigenvalue weighted by Crippen LogP contribution is -2.15. The van der Waals surface area contributed by atoms with Crippen molar-refractivity contribution >= 4 is 17.2 Å². The van der Waals surface area contributed by atoms with Crippen LogP contribution in [0.2, 0.25) is 0 Å². The maximum absolute atomic E-state index is 13.0. The number of rotatable bonds is 2. The molecule has 1 aromatic carbocycles. The first-order valence-electron chi connectivity index (χ1n) is 4.89. The van der Waals surface area contributed by atoms with Crippen LogP contribution in [0.15, 0.2) is 29.1 Å². The van der Waals surface area contributed by atoms with Crippen molar-refractivity contribution in [2.45, 2.75) is 12.8 Å². The fourth-order valence-corrected chi connectivity index (χ4v) is 1.61. The molecule has 0 fully saturated rings. The molecule has 0 saturated heterocycles. The van der Waals surface area contributed by atoms with Crippen LogP contribution in [0.1, 0.15) is 18.4 Å². The zero-order valence-corrected chi connectivity index (χ0v) is 8.66. The molecule has 0 radical (unpaired) electrons. The summed E-state index contributed by atoms with van der Waals surface area (Å²) in [5.74, 6) is -0.860. The zero-order chi connectivity index (χ0) is 11.7. The Bertz CT molecular complexity index is 603. The van der Waals surface area contributed by atoms with Crippen molar-refractivity contribution in [3.63, 3.8) is 0 Å². The Labute approximate surface area is 90.9 Å². The lowest BCUT2D eigenvalue weighted by atomic mass is 10.0. The molecule has 0 aliphatic carbocycles. The number of aldehydes is 1. The maximum Gasteiger partial charge on any atom is 0.252 e. The molecule has 0 spiro atoms. The number of pyridine rings is 1. The van der Waals surface area contributed by atoms with Gasteiger partial charge in [-0.2, -0.15) is 0 Å². The molecule has 16 heavy (non-hydrogen) atoms. The number of H-pyrrole nitrogens is 1. The zero-order valence-electron chi connectivity index (χ0n) is 8.66. The van der Waals surface area contributed by atoms with E-state index in [9.17, 15) is 14.0 Å². The second-order valence-corrected chi connectivity index (χ2v) is 3.71. The van der Waals surface area contributed by atoms with Crippen molar-refractivity contribution in [2.24, 2.45) is 0 Å². The Morgan fingerprint density at radius 2 is 2.12 bits per heavy atom. The minimum absolute atomic E-state index is 0.307. The summed E-state index contributed by atoms with van der Waals surface area (Å²) in [4.78, 5) is 24.9. The van der Waals surface area contributed by atoms with Crippen LogP contribution in [0, 0.1) is 5.82 Å².